The Hall–Kier alpha value is -7.58. The molecule has 8 heteroatoms. The van der Waals surface area contributed by atoms with Crippen molar-refractivity contribution >= 4 is 57.2 Å². The average molecular weight is 699 g/mol. The molecule has 0 aliphatic rings. The van der Waals surface area contributed by atoms with Gasteiger partial charge in [0.15, 0.2) is 0 Å². The number of nitrogens with zero attached hydrogens (tertiary/aromatic N) is 4. The molecular formula is C46H34N8. The fraction of sp³-hybridized carbons (Fsp3) is 0. The fourth-order valence-corrected chi connectivity index (χ4v) is 6.98. The van der Waals surface area contributed by atoms with Crippen molar-refractivity contribution in [3.63, 3.8) is 0 Å². The highest BCUT2D eigenvalue weighted by atomic mass is 15.1. The molecule has 54 heavy (non-hydrogen) atoms. The van der Waals surface area contributed by atoms with E-state index in [4.69, 9.17) is 10.8 Å². The van der Waals surface area contributed by atoms with Gasteiger partial charge in [0.05, 0.1) is 22.1 Å². The molecule has 0 aliphatic carbocycles. The fourth-order valence-electron chi connectivity index (χ4n) is 6.98. The molecule has 9 rings (SSSR count). The molecule has 2 heterocycles. The normalized spacial score (nSPS) is 11.1. The summed E-state index contributed by atoms with van der Waals surface area (Å²) in [4.78, 5) is 9.19. The zero-order valence-electron chi connectivity index (χ0n) is 29.1. The van der Waals surface area contributed by atoms with Gasteiger partial charge in [-0.2, -0.15) is 0 Å². The standard InChI is InChI=1S/C46H34N8/c47-27-33-9-1-3-11-39(33)51-43-25-38(32-19-23-36(24-20-32)54-30-50-42-14-6-8-16-46(42)54)44(52-40-12-4-2-10-34(40)28-48)26-37(43)31-17-21-35(22-18-31)53-29-49-41-13-5-7-15-45(41)53/h1-30,47-48,51-52H. The second-order valence-electron chi connectivity index (χ2n) is 13.0. The van der Waals surface area contributed by atoms with Crippen LogP contribution in [-0.2, 0) is 0 Å². The van der Waals surface area contributed by atoms with Gasteiger partial charge in [0.2, 0.25) is 0 Å². The molecule has 0 amide bonds. The Bertz CT molecular complexity index is 2620. The van der Waals surface area contributed by atoms with E-state index in [-0.39, 0.29) is 0 Å². The van der Waals surface area contributed by atoms with Gasteiger partial charge in [-0.25, -0.2) is 9.97 Å². The molecule has 258 valence electrons. The molecule has 7 aromatic carbocycles. The molecule has 0 unspecified atom stereocenters. The van der Waals surface area contributed by atoms with E-state index < -0.39 is 0 Å². The Kier molecular flexibility index (Phi) is 8.30. The highest BCUT2D eigenvalue weighted by molar-refractivity contribution is 5.97. The van der Waals surface area contributed by atoms with Crippen LogP contribution in [0.15, 0.2) is 170 Å². The minimum atomic E-state index is 0.784. The Labute approximate surface area is 312 Å². The summed E-state index contributed by atoms with van der Waals surface area (Å²) in [5.41, 5.74) is 15.0. The van der Waals surface area contributed by atoms with E-state index in [0.29, 0.717) is 0 Å². The molecule has 0 fully saturated rings. The van der Waals surface area contributed by atoms with Crippen molar-refractivity contribution in [2.75, 3.05) is 10.6 Å². The second-order valence-corrected chi connectivity index (χ2v) is 13.0. The lowest BCUT2D eigenvalue weighted by Crippen LogP contribution is -2.02. The summed E-state index contributed by atoms with van der Waals surface area (Å²) in [5.74, 6) is 0. The van der Waals surface area contributed by atoms with Crippen LogP contribution in [0.25, 0.3) is 55.7 Å². The van der Waals surface area contributed by atoms with Crippen LogP contribution < -0.4 is 10.6 Å². The number of aromatic nitrogens is 4. The number of nitrogens with one attached hydrogen (secondary N) is 4. The SMILES string of the molecule is N=Cc1ccccc1Nc1cc(-c2ccc(-n3cnc4ccccc43)cc2)c(Nc2ccccc2C=N)cc1-c1ccc(-n2cnc3ccccc32)cc1. The van der Waals surface area contributed by atoms with Crippen molar-refractivity contribution in [3.05, 3.63) is 182 Å². The van der Waals surface area contributed by atoms with Gasteiger partial charge in [-0.15, -0.1) is 0 Å². The first kappa shape index (κ1) is 32.3. The van der Waals surface area contributed by atoms with Crippen molar-refractivity contribution in [3.8, 4) is 33.6 Å². The number of hydrogen-bond donors (Lipinski definition) is 4. The zero-order valence-corrected chi connectivity index (χ0v) is 29.1. The van der Waals surface area contributed by atoms with E-state index in [1.807, 2.05) is 97.6 Å². The molecule has 2 aromatic heterocycles. The largest absolute Gasteiger partial charge is 0.354 e. The number of imidazole rings is 2. The monoisotopic (exact) mass is 698 g/mol. The molecule has 0 radical (unpaired) electrons. The summed E-state index contributed by atoms with van der Waals surface area (Å²) in [6.07, 6.45) is 6.46. The number of rotatable bonds is 10. The summed E-state index contributed by atoms with van der Waals surface area (Å²) < 4.78 is 4.19. The maximum absolute atomic E-state index is 8.11. The van der Waals surface area contributed by atoms with Gasteiger partial charge in [-0.3, -0.25) is 9.13 Å². The van der Waals surface area contributed by atoms with Crippen molar-refractivity contribution in [2.45, 2.75) is 0 Å². The van der Waals surface area contributed by atoms with Crippen molar-refractivity contribution in [1.82, 2.24) is 19.1 Å². The zero-order chi connectivity index (χ0) is 36.4. The minimum Gasteiger partial charge on any atom is -0.354 e. The first-order valence-corrected chi connectivity index (χ1v) is 17.6. The predicted molar refractivity (Wildman–Crippen MR) is 222 cm³/mol. The van der Waals surface area contributed by atoms with Gasteiger partial charge in [-0.05, 0) is 83.9 Å². The lowest BCUT2D eigenvalue weighted by molar-refractivity contribution is 1.09. The van der Waals surface area contributed by atoms with Crippen LogP contribution in [0.3, 0.4) is 0 Å². The van der Waals surface area contributed by atoms with E-state index in [0.717, 1.165) is 89.6 Å². The molecule has 0 atom stereocenters. The number of fused-ring (bicyclic) bond motifs is 2. The topological polar surface area (TPSA) is 107 Å². The average Bonchev–Trinajstić information content (AvgIpc) is 3.87. The van der Waals surface area contributed by atoms with Gasteiger partial charge in [0.1, 0.15) is 12.7 Å². The quantitative estimate of drug-likeness (QED) is 0.107. The predicted octanol–water partition coefficient (Wildman–Crippen LogP) is 11.2. The Morgan fingerprint density at radius 1 is 0.426 bits per heavy atom. The lowest BCUT2D eigenvalue weighted by atomic mass is 9.95. The minimum absolute atomic E-state index is 0.784. The maximum atomic E-state index is 8.11. The third-order valence-corrected chi connectivity index (χ3v) is 9.75. The Balaban J connectivity index is 1.20. The van der Waals surface area contributed by atoms with Crippen LogP contribution in [0.1, 0.15) is 11.1 Å². The van der Waals surface area contributed by atoms with Gasteiger partial charge in [0.25, 0.3) is 0 Å². The first-order chi connectivity index (χ1) is 26.7. The summed E-state index contributed by atoms with van der Waals surface area (Å²) in [5, 5.41) is 23.6. The third-order valence-electron chi connectivity index (χ3n) is 9.75. The van der Waals surface area contributed by atoms with Gasteiger partial charge < -0.3 is 21.5 Å². The maximum Gasteiger partial charge on any atom is 0.100 e. The van der Waals surface area contributed by atoms with Crippen molar-refractivity contribution in [2.24, 2.45) is 0 Å². The smallest absolute Gasteiger partial charge is 0.100 e. The third kappa shape index (κ3) is 5.97. The lowest BCUT2D eigenvalue weighted by Gasteiger charge is -2.21. The number of benzene rings is 7. The number of para-hydroxylation sites is 6. The summed E-state index contributed by atoms with van der Waals surface area (Å²) in [6.45, 7) is 0. The summed E-state index contributed by atoms with van der Waals surface area (Å²) >= 11 is 0. The highest BCUT2D eigenvalue weighted by Crippen LogP contribution is 2.42. The Morgan fingerprint density at radius 3 is 1.24 bits per heavy atom. The van der Waals surface area contributed by atoms with Crippen LogP contribution >= 0.6 is 0 Å². The second kappa shape index (κ2) is 13.9. The first-order valence-electron chi connectivity index (χ1n) is 17.6. The summed E-state index contributed by atoms with van der Waals surface area (Å²) in [7, 11) is 0. The van der Waals surface area contributed by atoms with E-state index in [1.54, 1.807) is 0 Å². The van der Waals surface area contributed by atoms with E-state index in [9.17, 15) is 0 Å². The molecular weight excluding hydrogens is 665 g/mol. The van der Waals surface area contributed by atoms with Gasteiger partial charge in [-0.1, -0.05) is 84.9 Å². The van der Waals surface area contributed by atoms with E-state index in [2.05, 4.69) is 103 Å². The number of anilines is 4. The van der Waals surface area contributed by atoms with Crippen molar-refractivity contribution in [1.29, 1.82) is 10.8 Å². The van der Waals surface area contributed by atoms with Crippen LogP contribution in [0, 0.1) is 10.8 Å². The Morgan fingerprint density at radius 2 is 0.815 bits per heavy atom. The van der Waals surface area contributed by atoms with E-state index >= 15 is 0 Å². The van der Waals surface area contributed by atoms with Gasteiger partial charge >= 0.3 is 0 Å². The molecule has 4 N–H and O–H groups in total. The molecule has 9 aromatic rings. The molecule has 0 spiro atoms. The molecule has 0 saturated carbocycles. The molecule has 0 bridgehead atoms. The van der Waals surface area contributed by atoms with E-state index in [1.165, 1.54) is 12.4 Å². The molecule has 8 nitrogen and oxygen atoms in total. The van der Waals surface area contributed by atoms with Crippen LogP contribution in [0.2, 0.25) is 0 Å². The highest BCUT2D eigenvalue weighted by Gasteiger charge is 2.17. The molecule has 0 saturated heterocycles. The van der Waals surface area contributed by atoms with Gasteiger partial charge in [0, 0.05) is 68.8 Å². The summed E-state index contributed by atoms with van der Waals surface area (Å²) in [6, 6.07) is 53.2. The molecule has 0 aliphatic heterocycles. The van der Waals surface area contributed by atoms with Crippen LogP contribution in [0.5, 0.6) is 0 Å². The van der Waals surface area contributed by atoms with Crippen molar-refractivity contribution < 1.29 is 0 Å². The number of hydrogen-bond acceptors (Lipinski definition) is 6. The van der Waals surface area contributed by atoms with Crippen LogP contribution in [-0.4, -0.2) is 31.5 Å². The van der Waals surface area contributed by atoms with Crippen LogP contribution in [0.4, 0.5) is 22.7 Å².